The van der Waals surface area contributed by atoms with Gasteiger partial charge >= 0.3 is 12.1 Å². The first kappa shape index (κ1) is 18.9. The number of sulfonamides is 1. The molecule has 0 saturated heterocycles. The molecular formula is C16H14F3NO4S. The van der Waals surface area contributed by atoms with Crippen molar-refractivity contribution in [2.24, 2.45) is 0 Å². The summed E-state index contributed by atoms with van der Waals surface area (Å²) in [6, 6.07) is 7.74. The Morgan fingerprint density at radius 3 is 2.20 bits per heavy atom. The van der Waals surface area contributed by atoms with Gasteiger partial charge in [0, 0.05) is 19.7 Å². The number of hydrogen-bond acceptors (Lipinski definition) is 3. The average Bonchev–Trinajstić information content (AvgIpc) is 2.53. The lowest BCUT2D eigenvalue weighted by molar-refractivity contribution is -0.137. The Kier molecular flexibility index (Phi) is 4.92. The van der Waals surface area contributed by atoms with E-state index in [2.05, 4.69) is 0 Å². The highest BCUT2D eigenvalue weighted by atomic mass is 32.2. The van der Waals surface area contributed by atoms with E-state index < -0.39 is 33.3 Å². The van der Waals surface area contributed by atoms with E-state index in [1.807, 2.05) is 0 Å². The van der Waals surface area contributed by atoms with Crippen LogP contribution in [-0.2, 0) is 16.2 Å². The van der Waals surface area contributed by atoms with Crippen molar-refractivity contribution in [3.8, 4) is 11.1 Å². The molecule has 134 valence electrons. The summed E-state index contributed by atoms with van der Waals surface area (Å²) in [4.78, 5) is 10.9. The number of halogens is 3. The molecule has 1 N–H and O–H groups in total. The van der Waals surface area contributed by atoms with Gasteiger partial charge in [0.05, 0.1) is 16.0 Å². The largest absolute Gasteiger partial charge is 0.478 e. The van der Waals surface area contributed by atoms with Crippen LogP contribution in [0.5, 0.6) is 0 Å². The van der Waals surface area contributed by atoms with E-state index >= 15 is 0 Å². The first-order chi connectivity index (χ1) is 11.4. The maximum Gasteiger partial charge on any atom is 0.416 e. The number of carbonyl (C=O) groups is 1. The van der Waals surface area contributed by atoms with Gasteiger partial charge < -0.3 is 5.11 Å². The average molecular weight is 373 g/mol. The molecule has 0 aliphatic carbocycles. The van der Waals surface area contributed by atoms with Crippen LogP contribution < -0.4 is 0 Å². The van der Waals surface area contributed by atoms with Gasteiger partial charge in [0.1, 0.15) is 0 Å². The Labute approximate surface area is 142 Å². The molecule has 0 amide bonds. The molecule has 0 unspecified atom stereocenters. The summed E-state index contributed by atoms with van der Waals surface area (Å²) in [7, 11) is -1.35. The van der Waals surface area contributed by atoms with E-state index in [9.17, 15) is 26.4 Å². The molecule has 0 bridgehead atoms. The van der Waals surface area contributed by atoms with Gasteiger partial charge in [-0.25, -0.2) is 17.5 Å². The number of carboxylic acid groups (broad SMARTS) is 1. The fraction of sp³-hybridized carbons (Fsp3) is 0.188. The quantitative estimate of drug-likeness (QED) is 0.892. The van der Waals surface area contributed by atoms with Gasteiger partial charge in [-0.15, -0.1) is 0 Å². The minimum absolute atomic E-state index is 0.00944. The van der Waals surface area contributed by atoms with Gasteiger partial charge in [0.2, 0.25) is 10.0 Å². The summed E-state index contributed by atoms with van der Waals surface area (Å²) in [6.45, 7) is 0. The predicted molar refractivity (Wildman–Crippen MR) is 84.7 cm³/mol. The maximum absolute atomic E-state index is 13.1. The zero-order chi connectivity index (χ0) is 19.0. The zero-order valence-electron chi connectivity index (χ0n) is 13.2. The van der Waals surface area contributed by atoms with Crippen molar-refractivity contribution >= 4 is 16.0 Å². The lowest BCUT2D eigenvalue weighted by Gasteiger charge is -2.16. The van der Waals surface area contributed by atoms with Crippen molar-refractivity contribution < 1.29 is 31.5 Å². The minimum atomic E-state index is -4.77. The third-order valence-electron chi connectivity index (χ3n) is 3.46. The van der Waals surface area contributed by atoms with Crippen LogP contribution in [0.4, 0.5) is 13.2 Å². The van der Waals surface area contributed by atoms with Crippen LogP contribution >= 0.6 is 0 Å². The van der Waals surface area contributed by atoms with Crippen molar-refractivity contribution in [1.82, 2.24) is 4.31 Å². The molecule has 0 heterocycles. The Bertz CT molecular complexity index is 921. The number of carboxylic acids is 1. The summed E-state index contributed by atoms with van der Waals surface area (Å²) in [6.07, 6.45) is -4.77. The highest BCUT2D eigenvalue weighted by Crippen LogP contribution is 2.35. The SMILES string of the molecule is CN(C)S(=O)(=O)c1ccccc1-c1cc(C(=O)O)cc(C(F)(F)F)c1. The minimum Gasteiger partial charge on any atom is -0.478 e. The second-order valence-electron chi connectivity index (χ2n) is 5.39. The fourth-order valence-corrected chi connectivity index (χ4v) is 3.30. The Morgan fingerprint density at radius 2 is 1.68 bits per heavy atom. The highest BCUT2D eigenvalue weighted by Gasteiger charge is 2.32. The van der Waals surface area contributed by atoms with Gasteiger partial charge in [-0.3, -0.25) is 0 Å². The van der Waals surface area contributed by atoms with Crippen LogP contribution in [-0.4, -0.2) is 37.9 Å². The number of rotatable bonds is 4. The highest BCUT2D eigenvalue weighted by molar-refractivity contribution is 7.89. The standard InChI is InChI=1S/C16H14F3NO4S/c1-20(2)25(23,24)14-6-4-3-5-13(14)10-7-11(15(21)22)9-12(8-10)16(17,18)19/h3-9H,1-2H3,(H,21,22). The van der Waals surface area contributed by atoms with E-state index in [4.69, 9.17) is 5.11 Å². The maximum atomic E-state index is 13.1. The van der Waals surface area contributed by atoms with E-state index in [1.165, 1.54) is 38.4 Å². The van der Waals surface area contributed by atoms with E-state index in [-0.39, 0.29) is 16.0 Å². The Morgan fingerprint density at radius 1 is 1.08 bits per heavy atom. The van der Waals surface area contributed by atoms with Gasteiger partial charge in [-0.05, 0) is 29.8 Å². The van der Waals surface area contributed by atoms with Gasteiger partial charge in [-0.1, -0.05) is 18.2 Å². The second kappa shape index (κ2) is 6.49. The molecule has 9 heteroatoms. The van der Waals surface area contributed by atoms with Crippen LogP contribution in [0.15, 0.2) is 47.4 Å². The number of alkyl halides is 3. The molecule has 0 fully saturated rings. The summed E-state index contributed by atoms with van der Waals surface area (Å²) >= 11 is 0. The molecule has 0 aliphatic heterocycles. The second-order valence-corrected chi connectivity index (χ2v) is 7.51. The number of benzene rings is 2. The number of aromatic carboxylic acids is 1. The number of hydrogen-bond donors (Lipinski definition) is 1. The predicted octanol–water partition coefficient (Wildman–Crippen LogP) is 3.32. The van der Waals surface area contributed by atoms with Crippen LogP contribution in [0, 0.1) is 0 Å². The fourth-order valence-electron chi connectivity index (χ4n) is 2.20. The first-order valence-corrected chi connectivity index (χ1v) is 8.36. The third kappa shape index (κ3) is 3.83. The molecule has 0 atom stereocenters. The Hall–Kier alpha value is -2.39. The molecule has 2 aromatic carbocycles. The molecular weight excluding hydrogens is 359 g/mol. The van der Waals surface area contributed by atoms with E-state index in [0.717, 1.165) is 16.4 Å². The monoisotopic (exact) mass is 373 g/mol. The molecule has 5 nitrogen and oxygen atoms in total. The third-order valence-corrected chi connectivity index (χ3v) is 5.34. The van der Waals surface area contributed by atoms with Crippen molar-refractivity contribution in [3.05, 3.63) is 53.6 Å². The van der Waals surface area contributed by atoms with Crippen molar-refractivity contribution in [2.45, 2.75) is 11.1 Å². The normalized spacial score (nSPS) is 12.4. The molecule has 0 spiro atoms. The van der Waals surface area contributed by atoms with E-state index in [1.54, 1.807) is 0 Å². The topological polar surface area (TPSA) is 74.7 Å². The molecule has 25 heavy (non-hydrogen) atoms. The molecule has 0 aromatic heterocycles. The van der Waals surface area contributed by atoms with Crippen LogP contribution in [0.2, 0.25) is 0 Å². The van der Waals surface area contributed by atoms with Crippen molar-refractivity contribution in [3.63, 3.8) is 0 Å². The smallest absolute Gasteiger partial charge is 0.416 e. The summed E-state index contributed by atoms with van der Waals surface area (Å²) in [5, 5.41) is 9.07. The zero-order valence-corrected chi connectivity index (χ0v) is 14.0. The lowest BCUT2D eigenvalue weighted by Crippen LogP contribution is -2.22. The molecule has 0 radical (unpaired) electrons. The summed E-state index contributed by atoms with van der Waals surface area (Å²) in [5.41, 5.74) is -1.90. The van der Waals surface area contributed by atoms with Crippen molar-refractivity contribution in [2.75, 3.05) is 14.1 Å². The lowest BCUT2D eigenvalue weighted by atomic mass is 9.99. The van der Waals surface area contributed by atoms with Gasteiger partial charge in [-0.2, -0.15) is 13.2 Å². The molecule has 0 saturated carbocycles. The van der Waals surface area contributed by atoms with Crippen LogP contribution in [0.25, 0.3) is 11.1 Å². The summed E-state index contributed by atoms with van der Waals surface area (Å²) < 4.78 is 65.0. The first-order valence-electron chi connectivity index (χ1n) is 6.92. The van der Waals surface area contributed by atoms with Gasteiger partial charge in [0.25, 0.3) is 0 Å². The van der Waals surface area contributed by atoms with Crippen LogP contribution in [0.3, 0.4) is 0 Å². The van der Waals surface area contributed by atoms with Gasteiger partial charge in [0.15, 0.2) is 0 Å². The molecule has 2 rings (SSSR count). The number of nitrogens with zero attached hydrogens (tertiary/aromatic N) is 1. The summed E-state index contributed by atoms with van der Waals surface area (Å²) in [5.74, 6) is -1.54. The van der Waals surface area contributed by atoms with Crippen LogP contribution in [0.1, 0.15) is 15.9 Å². The Balaban J connectivity index is 2.80. The van der Waals surface area contributed by atoms with Crippen molar-refractivity contribution in [1.29, 1.82) is 0 Å². The molecule has 0 aliphatic rings. The van der Waals surface area contributed by atoms with E-state index in [0.29, 0.717) is 6.07 Å². The molecule has 2 aromatic rings.